The van der Waals surface area contributed by atoms with E-state index in [0.29, 0.717) is 28.0 Å². The van der Waals surface area contributed by atoms with Crippen molar-refractivity contribution in [1.82, 2.24) is 0 Å². The van der Waals surface area contributed by atoms with Gasteiger partial charge < -0.3 is 4.74 Å². The van der Waals surface area contributed by atoms with Crippen LogP contribution in [0.25, 0.3) is 98.7 Å². The van der Waals surface area contributed by atoms with Gasteiger partial charge in [0, 0.05) is 10.9 Å². The van der Waals surface area contributed by atoms with Gasteiger partial charge in [-0.3, -0.25) is 0 Å². The van der Waals surface area contributed by atoms with Crippen molar-refractivity contribution in [3.8, 4) is 67.1 Å². The van der Waals surface area contributed by atoms with Crippen LogP contribution in [0.3, 0.4) is 0 Å². The summed E-state index contributed by atoms with van der Waals surface area (Å²) < 4.78 is 92.6. The van der Waals surface area contributed by atoms with Crippen LogP contribution >= 0.6 is 0 Å². The molecule has 1 aliphatic heterocycles. The Hall–Kier alpha value is -6.96. The maximum atomic E-state index is 9.05. The minimum Gasteiger partial charge on any atom is -0.456 e. The fourth-order valence-corrected chi connectivity index (χ4v) is 8.03. The standard InChI is InChI=1S/C52H32O/c1-3-12-33(13-4-1)39-29-40(31-41(30-39)51-44-19-10-8-17-37(44)28-38-23-22-35-16-7-9-18-43(35)50(38)51)36-24-26-48-47(32-36)46-21-11-20-45-42(34-14-5-2-6-15-34)25-27-49(53-48)52(45)46/h1-32H/i1D,2D,3D,4D,5D,6D,12D,13D,14D,15D. The Bertz CT molecular complexity index is 3610. The molecule has 1 nitrogen and oxygen atoms in total. The number of fused-ring (bicyclic) bond motifs is 6. The lowest BCUT2D eigenvalue weighted by Crippen LogP contribution is -1.98. The highest BCUT2D eigenvalue weighted by Crippen LogP contribution is 2.50. The van der Waals surface area contributed by atoms with Gasteiger partial charge in [0.05, 0.1) is 13.7 Å². The van der Waals surface area contributed by atoms with Gasteiger partial charge in [0.15, 0.2) is 0 Å². The van der Waals surface area contributed by atoms with Crippen LogP contribution in [0.4, 0.5) is 0 Å². The first-order chi connectivity index (χ1) is 30.4. The quantitative estimate of drug-likeness (QED) is 0.133. The molecule has 1 aliphatic rings. The fraction of sp³-hybridized carbons (Fsp3) is 0. The number of rotatable bonds is 4. The van der Waals surface area contributed by atoms with Crippen LogP contribution in [-0.4, -0.2) is 0 Å². The summed E-state index contributed by atoms with van der Waals surface area (Å²) in [4.78, 5) is 0. The third-order valence-corrected chi connectivity index (χ3v) is 10.4. The average molecular weight is 683 g/mol. The van der Waals surface area contributed by atoms with Gasteiger partial charge >= 0.3 is 0 Å². The summed E-state index contributed by atoms with van der Waals surface area (Å²) in [6.45, 7) is 0. The van der Waals surface area contributed by atoms with E-state index in [-0.39, 0.29) is 35.3 Å². The van der Waals surface area contributed by atoms with Crippen molar-refractivity contribution in [2.24, 2.45) is 0 Å². The molecule has 0 aliphatic carbocycles. The normalized spacial score (nSPS) is 14.6. The summed E-state index contributed by atoms with van der Waals surface area (Å²) in [5.74, 6) is 1.17. The molecule has 0 bridgehead atoms. The van der Waals surface area contributed by atoms with Crippen LogP contribution in [0.5, 0.6) is 11.5 Å². The lowest BCUT2D eigenvalue weighted by atomic mass is 9.86. The first-order valence-electron chi connectivity index (χ1n) is 22.4. The minimum absolute atomic E-state index is 0.0960. The highest BCUT2D eigenvalue weighted by atomic mass is 16.5. The Labute approximate surface area is 322 Å². The van der Waals surface area contributed by atoms with E-state index in [9.17, 15) is 0 Å². The molecule has 0 N–H and O–H groups in total. The van der Waals surface area contributed by atoms with E-state index >= 15 is 0 Å². The highest BCUT2D eigenvalue weighted by molar-refractivity contribution is 6.22. The third-order valence-electron chi connectivity index (χ3n) is 10.4. The average Bonchev–Trinajstić information content (AvgIpc) is 3.31. The smallest absolute Gasteiger partial charge is 0.135 e. The van der Waals surface area contributed by atoms with Crippen molar-refractivity contribution in [3.05, 3.63) is 194 Å². The SMILES string of the molecule is [2H]c1c([2H])c([2H])c(-c2cc(-c3ccc4c(c3)-c3cccc5c(-c6c([2H])c([2H])c([2H])c([2H])c6[2H])ccc(c35)O4)cc(-c3c4ccccc4cc4ccc5ccccc5c34)c2)c([2H])c1[2H]. The second-order valence-electron chi connectivity index (χ2n) is 13.3. The van der Waals surface area contributed by atoms with Gasteiger partial charge in [-0.15, -0.1) is 0 Å². The summed E-state index contributed by atoms with van der Waals surface area (Å²) in [5, 5.41) is 7.64. The van der Waals surface area contributed by atoms with E-state index in [1.807, 2.05) is 72.8 Å². The van der Waals surface area contributed by atoms with E-state index < -0.39 is 36.3 Å². The maximum absolute atomic E-state index is 9.05. The molecule has 0 unspecified atom stereocenters. The highest BCUT2D eigenvalue weighted by Gasteiger charge is 2.23. The molecule has 0 atom stereocenters. The van der Waals surface area contributed by atoms with Crippen LogP contribution in [0.2, 0.25) is 0 Å². The minimum atomic E-state index is -0.462. The Kier molecular flexibility index (Phi) is 4.77. The van der Waals surface area contributed by atoms with Gasteiger partial charge in [-0.25, -0.2) is 0 Å². The van der Waals surface area contributed by atoms with Crippen molar-refractivity contribution < 1.29 is 18.4 Å². The van der Waals surface area contributed by atoms with Crippen molar-refractivity contribution in [1.29, 1.82) is 0 Å². The predicted octanol–water partition coefficient (Wildman–Crippen LogP) is 14.7. The molecule has 0 radical (unpaired) electrons. The molecule has 246 valence electrons. The summed E-state index contributed by atoms with van der Waals surface area (Å²) in [5.41, 5.74) is 6.02. The van der Waals surface area contributed by atoms with Crippen LogP contribution < -0.4 is 4.74 Å². The summed E-state index contributed by atoms with van der Waals surface area (Å²) in [7, 11) is 0. The first-order valence-corrected chi connectivity index (χ1v) is 17.4. The molecule has 0 saturated carbocycles. The second kappa shape index (κ2) is 11.8. The number of hydrogen-bond donors (Lipinski definition) is 0. The number of benzene rings is 10. The monoisotopic (exact) mass is 682 g/mol. The van der Waals surface area contributed by atoms with Crippen LogP contribution in [-0.2, 0) is 0 Å². The van der Waals surface area contributed by atoms with Crippen LogP contribution in [0.1, 0.15) is 13.7 Å². The lowest BCUT2D eigenvalue weighted by molar-refractivity contribution is 0.487. The maximum Gasteiger partial charge on any atom is 0.135 e. The van der Waals surface area contributed by atoms with Crippen molar-refractivity contribution in [2.75, 3.05) is 0 Å². The Morgan fingerprint density at radius 3 is 1.83 bits per heavy atom. The zero-order chi connectivity index (χ0) is 43.6. The first kappa shape index (κ1) is 21.4. The lowest BCUT2D eigenvalue weighted by Gasteiger charge is -2.23. The molecule has 1 heteroatoms. The zero-order valence-corrected chi connectivity index (χ0v) is 28.1. The summed E-state index contributed by atoms with van der Waals surface area (Å²) >= 11 is 0. The van der Waals surface area contributed by atoms with Crippen molar-refractivity contribution in [2.45, 2.75) is 0 Å². The Balaban J connectivity index is 1.19. The van der Waals surface area contributed by atoms with Crippen molar-refractivity contribution in [3.63, 3.8) is 0 Å². The molecule has 1 heterocycles. The van der Waals surface area contributed by atoms with Crippen LogP contribution in [0.15, 0.2) is 194 Å². The van der Waals surface area contributed by atoms with E-state index in [2.05, 4.69) is 48.5 Å². The van der Waals surface area contributed by atoms with E-state index in [4.69, 9.17) is 18.4 Å². The van der Waals surface area contributed by atoms with E-state index in [0.717, 1.165) is 71.1 Å². The van der Waals surface area contributed by atoms with Gasteiger partial charge in [-0.05, 0) is 130 Å². The van der Waals surface area contributed by atoms with Gasteiger partial charge in [0.1, 0.15) is 11.5 Å². The van der Waals surface area contributed by atoms with Gasteiger partial charge in [0.2, 0.25) is 0 Å². The zero-order valence-electron chi connectivity index (χ0n) is 38.1. The summed E-state index contributed by atoms with van der Waals surface area (Å²) in [6.07, 6.45) is 0. The Morgan fingerprint density at radius 2 is 1.00 bits per heavy atom. The van der Waals surface area contributed by atoms with E-state index in [1.54, 1.807) is 12.1 Å². The number of ether oxygens (including phenoxy) is 1. The number of hydrogen-bond acceptors (Lipinski definition) is 1. The molecule has 0 aromatic heterocycles. The van der Waals surface area contributed by atoms with Gasteiger partial charge in [0.25, 0.3) is 0 Å². The molecule has 11 rings (SSSR count). The van der Waals surface area contributed by atoms with E-state index in [1.165, 1.54) is 0 Å². The molecule has 0 amide bonds. The molecule has 10 aromatic rings. The molecule has 0 fully saturated rings. The largest absolute Gasteiger partial charge is 0.456 e. The molecule has 0 spiro atoms. The Morgan fingerprint density at radius 1 is 0.340 bits per heavy atom. The van der Waals surface area contributed by atoms with Crippen molar-refractivity contribution >= 4 is 43.1 Å². The molecule has 53 heavy (non-hydrogen) atoms. The van der Waals surface area contributed by atoms with Gasteiger partial charge in [-0.1, -0.05) is 151 Å². The third kappa shape index (κ3) is 4.79. The topological polar surface area (TPSA) is 9.23 Å². The predicted molar refractivity (Wildman–Crippen MR) is 224 cm³/mol. The summed E-state index contributed by atoms with van der Waals surface area (Å²) in [6, 6.07) is 40.1. The fourth-order valence-electron chi connectivity index (χ4n) is 8.03. The molecular weight excluding hydrogens is 641 g/mol. The molecule has 10 aromatic carbocycles. The van der Waals surface area contributed by atoms with Gasteiger partial charge in [-0.2, -0.15) is 0 Å². The molecule has 0 saturated heterocycles. The molecular formula is C52H32O. The second-order valence-corrected chi connectivity index (χ2v) is 13.3. The van der Waals surface area contributed by atoms with Crippen LogP contribution in [0, 0.1) is 0 Å².